The van der Waals surface area contributed by atoms with Crippen molar-refractivity contribution in [2.45, 2.75) is 50.8 Å². The van der Waals surface area contributed by atoms with Gasteiger partial charge in [0, 0.05) is 4.83 Å². The summed E-state index contributed by atoms with van der Waals surface area (Å²) in [6.45, 7) is 4.56. The molecule has 1 atom stereocenters. The summed E-state index contributed by atoms with van der Waals surface area (Å²) in [6, 6.07) is 7.10. The standard InChI is InChI=1S/C15H21Br/c1-11(2)15(16)9-7-12-6-8-13-4-3-5-14(13)10-12/h6,8,10-11,15H,3-5,7,9H2,1-2H3. The molecule has 16 heavy (non-hydrogen) atoms. The maximum atomic E-state index is 3.76. The van der Waals surface area contributed by atoms with E-state index >= 15 is 0 Å². The summed E-state index contributed by atoms with van der Waals surface area (Å²) in [7, 11) is 0. The highest BCUT2D eigenvalue weighted by molar-refractivity contribution is 9.09. The molecule has 0 bridgehead atoms. The molecule has 0 aliphatic heterocycles. The van der Waals surface area contributed by atoms with E-state index in [4.69, 9.17) is 0 Å². The van der Waals surface area contributed by atoms with Gasteiger partial charge >= 0.3 is 0 Å². The number of hydrogen-bond donors (Lipinski definition) is 0. The van der Waals surface area contributed by atoms with Gasteiger partial charge in [0.25, 0.3) is 0 Å². The van der Waals surface area contributed by atoms with E-state index in [2.05, 4.69) is 48.0 Å². The molecule has 1 aliphatic carbocycles. The Balaban J connectivity index is 1.95. The average Bonchev–Trinajstić information content (AvgIpc) is 2.72. The third-order valence-electron chi connectivity index (χ3n) is 3.60. The van der Waals surface area contributed by atoms with Crippen LogP contribution in [0.4, 0.5) is 0 Å². The minimum Gasteiger partial charge on any atom is -0.0888 e. The van der Waals surface area contributed by atoms with Crippen LogP contribution in [0.3, 0.4) is 0 Å². The lowest BCUT2D eigenvalue weighted by atomic mass is 9.99. The highest BCUT2D eigenvalue weighted by Gasteiger charge is 2.12. The van der Waals surface area contributed by atoms with Crippen LogP contribution in [0.5, 0.6) is 0 Å². The second-order valence-corrected chi connectivity index (χ2v) is 6.43. The monoisotopic (exact) mass is 280 g/mol. The van der Waals surface area contributed by atoms with Crippen LogP contribution in [0.2, 0.25) is 0 Å². The molecule has 1 aliphatic rings. The number of benzene rings is 1. The lowest BCUT2D eigenvalue weighted by Crippen LogP contribution is -2.08. The zero-order valence-corrected chi connectivity index (χ0v) is 11.9. The molecule has 0 N–H and O–H groups in total. The van der Waals surface area contributed by atoms with E-state index in [0.717, 1.165) is 5.92 Å². The number of hydrogen-bond acceptors (Lipinski definition) is 0. The molecule has 0 heterocycles. The van der Waals surface area contributed by atoms with Crippen LogP contribution in [0.1, 0.15) is 43.4 Å². The third-order valence-corrected chi connectivity index (χ3v) is 5.11. The van der Waals surface area contributed by atoms with Crippen molar-refractivity contribution in [3.05, 3.63) is 34.9 Å². The van der Waals surface area contributed by atoms with Crippen LogP contribution < -0.4 is 0 Å². The van der Waals surface area contributed by atoms with Gasteiger partial charge in [-0.1, -0.05) is 48.0 Å². The van der Waals surface area contributed by atoms with Crippen LogP contribution in [-0.2, 0) is 19.3 Å². The fraction of sp³-hybridized carbons (Fsp3) is 0.600. The van der Waals surface area contributed by atoms with E-state index in [-0.39, 0.29) is 0 Å². The van der Waals surface area contributed by atoms with Crippen molar-refractivity contribution in [1.82, 2.24) is 0 Å². The molecule has 0 saturated carbocycles. The number of rotatable bonds is 4. The second kappa shape index (κ2) is 5.35. The quantitative estimate of drug-likeness (QED) is 0.711. The second-order valence-electron chi connectivity index (χ2n) is 5.26. The minimum atomic E-state index is 0.653. The molecule has 1 heteroatoms. The van der Waals surface area contributed by atoms with Crippen LogP contribution in [0.15, 0.2) is 18.2 Å². The number of aryl methyl sites for hydroxylation is 3. The summed E-state index contributed by atoms with van der Waals surface area (Å²) >= 11 is 3.76. The Morgan fingerprint density at radius 3 is 2.69 bits per heavy atom. The summed E-state index contributed by atoms with van der Waals surface area (Å²) < 4.78 is 0. The van der Waals surface area contributed by atoms with Gasteiger partial charge in [-0.15, -0.1) is 0 Å². The smallest absolute Gasteiger partial charge is 0.0172 e. The van der Waals surface area contributed by atoms with Gasteiger partial charge in [0.05, 0.1) is 0 Å². The first-order valence-corrected chi connectivity index (χ1v) is 7.33. The van der Waals surface area contributed by atoms with Crippen molar-refractivity contribution in [2.75, 3.05) is 0 Å². The molecule has 0 nitrogen and oxygen atoms in total. The van der Waals surface area contributed by atoms with Crippen molar-refractivity contribution in [3.8, 4) is 0 Å². The molecule has 0 saturated heterocycles. The van der Waals surface area contributed by atoms with E-state index in [0.29, 0.717) is 4.83 Å². The maximum Gasteiger partial charge on any atom is 0.0172 e. The molecule has 1 aromatic carbocycles. The van der Waals surface area contributed by atoms with E-state index in [9.17, 15) is 0 Å². The third kappa shape index (κ3) is 2.88. The van der Waals surface area contributed by atoms with Crippen molar-refractivity contribution in [2.24, 2.45) is 5.92 Å². The van der Waals surface area contributed by atoms with Crippen LogP contribution >= 0.6 is 15.9 Å². The molecule has 0 radical (unpaired) electrons. The predicted molar refractivity (Wildman–Crippen MR) is 74.3 cm³/mol. The average molecular weight is 281 g/mol. The Bertz CT molecular complexity index is 354. The molecule has 1 aromatic rings. The highest BCUT2D eigenvalue weighted by Crippen LogP contribution is 2.24. The van der Waals surface area contributed by atoms with Gasteiger partial charge < -0.3 is 0 Å². The molecule has 88 valence electrons. The Morgan fingerprint density at radius 1 is 1.19 bits per heavy atom. The van der Waals surface area contributed by atoms with E-state index in [1.54, 1.807) is 11.1 Å². The van der Waals surface area contributed by atoms with E-state index in [1.165, 1.54) is 37.7 Å². The SMILES string of the molecule is CC(C)C(Br)CCc1ccc2c(c1)CCC2. The molecule has 0 fully saturated rings. The first-order valence-electron chi connectivity index (χ1n) is 6.41. The number of fused-ring (bicyclic) bond motifs is 1. The Kier molecular flexibility index (Phi) is 4.07. The summed E-state index contributed by atoms with van der Waals surface area (Å²) in [6.07, 6.45) is 6.40. The van der Waals surface area contributed by atoms with Crippen molar-refractivity contribution in [1.29, 1.82) is 0 Å². The van der Waals surface area contributed by atoms with E-state index in [1.807, 2.05) is 0 Å². The zero-order chi connectivity index (χ0) is 11.5. The molecule has 0 amide bonds. The number of halogens is 1. The van der Waals surface area contributed by atoms with Gasteiger partial charge in [0.1, 0.15) is 0 Å². The van der Waals surface area contributed by atoms with Gasteiger partial charge in [-0.3, -0.25) is 0 Å². The van der Waals surface area contributed by atoms with Crippen molar-refractivity contribution >= 4 is 15.9 Å². The molecule has 0 spiro atoms. The Labute approximate surface area is 108 Å². The summed E-state index contributed by atoms with van der Waals surface area (Å²) in [5.41, 5.74) is 4.71. The van der Waals surface area contributed by atoms with Crippen molar-refractivity contribution in [3.63, 3.8) is 0 Å². The molecule has 0 aromatic heterocycles. The van der Waals surface area contributed by atoms with Gasteiger partial charge in [0.2, 0.25) is 0 Å². The molecular formula is C15H21Br. The van der Waals surface area contributed by atoms with Crippen LogP contribution in [0.25, 0.3) is 0 Å². The topological polar surface area (TPSA) is 0 Å². The lowest BCUT2D eigenvalue weighted by Gasteiger charge is -2.13. The fourth-order valence-corrected chi connectivity index (χ4v) is 2.65. The van der Waals surface area contributed by atoms with Crippen LogP contribution in [0, 0.1) is 5.92 Å². The van der Waals surface area contributed by atoms with Gasteiger partial charge in [-0.25, -0.2) is 0 Å². The van der Waals surface area contributed by atoms with Gasteiger partial charge in [-0.2, -0.15) is 0 Å². The van der Waals surface area contributed by atoms with Gasteiger partial charge in [0.15, 0.2) is 0 Å². The van der Waals surface area contributed by atoms with Crippen LogP contribution in [-0.4, -0.2) is 4.83 Å². The van der Waals surface area contributed by atoms with Crippen molar-refractivity contribution < 1.29 is 0 Å². The lowest BCUT2D eigenvalue weighted by molar-refractivity contribution is 0.581. The molecule has 2 rings (SSSR count). The Hall–Kier alpha value is -0.300. The summed E-state index contributed by atoms with van der Waals surface area (Å²) in [5.74, 6) is 0.731. The first-order chi connectivity index (χ1) is 7.66. The summed E-state index contributed by atoms with van der Waals surface area (Å²) in [4.78, 5) is 0.653. The molecule has 1 unspecified atom stereocenters. The largest absolute Gasteiger partial charge is 0.0888 e. The molecular weight excluding hydrogens is 260 g/mol. The fourth-order valence-electron chi connectivity index (χ4n) is 2.42. The maximum absolute atomic E-state index is 3.76. The predicted octanol–water partition coefficient (Wildman–Crippen LogP) is 4.53. The Morgan fingerprint density at radius 2 is 1.94 bits per heavy atom. The highest BCUT2D eigenvalue weighted by atomic mass is 79.9. The minimum absolute atomic E-state index is 0.653. The summed E-state index contributed by atoms with van der Waals surface area (Å²) in [5, 5.41) is 0. The first kappa shape index (κ1) is 12.2. The zero-order valence-electron chi connectivity index (χ0n) is 10.3. The number of alkyl halides is 1. The van der Waals surface area contributed by atoms with E-state index < -0.39 is 0 Å². The normalized spacial score (nSPS) is 16.5. The van der Waals surface area contributed by atoms with Gasteiger partial charge in [-0.05, 0) is 54.7 Å².